The van der Waals surface area contributed by atoms with Gasteiger partial charge in [-0.2, -0.15) is 0 Å². The summed E-state index contributed by atoms with van der Waals surface area (Å²) in [6.07, 6.45) is -0.0388. The molecule has 0 saturated carbocycles. The van der Waals surface area contributed by atoms with E-state index < -0.39 is 12.1 Å². The Kier molecular flexibility index (Phi) is 5.86. The summed E-state index contributed by atoms with van der Waals surface area (Å²) in [4.78, 5) is 31.1. The Bertz CT molecular complexity index is 1370. The van der Waals surface area contributed by atoms with Crippen molar-refractivity contribution in [2.75, 3.05) is 4.90 Å². The number of aromatic carboxylic acids is 1. The van der Waals surface area contributed by atoms with Crippen LogP contribution in [-0.4, -0.2) is 28.1 Å². The highest BCUT2D eigenvalue weighted by atomic mass is 32.1. The molecule has 1 atom stereocenters. The van der Waals surface area contributed by atoms with Gasteiger partial charge in [0, 0.05) is 16.5 Å². The molecule has 0 radical (unpaired) electrons. The van der Waals surface area contributed by atoms with Crippen molar-refractivity contribution >= 4 is 28.9 Å². The Morgan fingerprint density at radius 2 is 1.88 bits per heavy atom. The Balaban J connectivity index is 1.52. The number of hydrogen-bond acceptors (Lipinski definition) is 5. The van der Waals surface area contributed by atoms with Gasteiger partial charge in [0.1, 0.15) is 10.8 Å². The van der Waals surface area contributed by atoms with Gasteiger partial charge in [-0.25, -0.2) is 9.78 Å². The van der Waals surface area contributed by atoms with E-state index in [-0.39, 0.29) is 18.0 Å². The molecule has 0 bridgehead atoms. The molecular weight excluding hydrogens is 448 g/mol. The lowest BCUT2D eigenvalue weighted by Crippen LogP contribution is -2.45. The van der Waals surface area contributed by atoms with Crippen LogP contribution >= 0.6 is 11.3 Å². The van der Waals surface area contributed by atoms with Crippen molar-refractivity contribution in [3.8, 4) is 27.6 Å². The molecule has 1 aliphatic heterocycles. The third-order valence-electron chi connectivity index (χ3n) is 5.77. The summed E-state index contributed by atoms with van der Waals surface area (Å²) < 4.78 is 5.99. The van der Waals surface area contributed by atoms with E-state index in [0.29, 0.717) is 17.9 Å². The van der Waals surface area contributed by atoms with E-state index in [4.69, 9.17) is 9.72 Å². The molecule has 0 spiro atoms. The highest BCUT2D eigenvalue weighted by molar-refractivity contribution is 7.13. The summed E-state index contributed by atoms with van der Waals surface area (Å²) in [5.74, 6) is -0.513. The zero-order chi connectivity index (χ0) is 23.7. The minimum Gasteiger partial charge on any atom is -0.478 e. The highest BCUT2D eigenvalue weighted by Crippen LogP contribution is 2.39. The zero-order valence-electron chi connectivity index (χ0n) is 18.5. The van der Waals surface area contributed by atoms with Gasteiger partial charge in [0.05, 0.1) is 23.5 Å². The van der Waals surface area contributed by atoms with Crippen LogP contribution < -0.4 is 9.64 Å². The molecule has 2 heterocycles. The molecule has 0 aliphatic carbocycles. The van der Waals surface area contributed by atoms with Crippen LogP contribution in [0.2, 0.25) is 0 Å². The van der Waals surface area contributed by atoms with Crippen LogP contribution in [-0.2, 0) is 11.3 Å². The second-order valence-corrected chi connectivity index (χ2v) is 8.89. The fourth-order valence-electron chi connectivity index (χ4n) is 4.01. The standard InChI is InChI=1S/C27H22N2O4S/c1-2-23-26(30)29(15-17-7-6-10-20(13-17)27(31)32)22-14-19(11-12-24(22)33-23)21-16-34-25(28-21)18-8-4-3-5-9-18/h3-14,16,23H,2,15H2,1H3,(H,31,32). The molecule has 0 fully saturated rings. The average molecular weight is 471 g/mol. The summed E-state index contributed by atoms with van der Waals surface area (Å²) in [5.41, 5.74) is 4.34. The number of benzene rings is 3. The molecular formula is C27H22N2O4S. The molecule has 1 aliphatic rings. The minimum absolute atomic E-state index is 0.142. The number of carboxylic acids is 1. The topological polar surface area (TPSA) is 79.7 Å². The third kappa shape index (κ3) is 4.18. The van der Waals surface area contributed by atoms with Gasteiger partial charge in [0.2, 0.25) is 0 Å². The number of carbonyl (C=O) groups is 2. The normalized spacial score (nSPS) is 15.0. The summed E-state index contributed by atoms with van der Waals surface area (Å²) in [5, 5.41) is 12.3. The van der Waals surface area contributed by atoms with Crippen LogP contribution in [0.4, 0.5) is 5.69 Å². The number of aromatic nitrogens is 1. The molecule has 0 saturated heterocycles. The molecule has 7 heteroatoms. The summed E-state index contributed by atoms with van der Waals surface area (Å²) in [6.45, 7) is 2.16. The van der Waals surface area contributed by atoms with E-state index >= 15 is 0 Å². The fraction of sp³-hybridized carbons (Fsp3) is 0.148. The van der Waals surface area contributed by atoms with Crippen molar-refractivity contribution < 1.29 is 19.4 Å². The molecule has 34 heavy (non-hydrogen) atoms. The van der Waals surface area contributed by atoms with E-state index in [1.807, 2.05) is 66.9 Å². The number of fused-ring (bicyclic) bond motifs is 1. The molecule has 1 N–H and O–H groups in total. The first kappa shape index (κ1) is 21.9. The Morgan fingerprint density at radius 1 is 1.06 bits per heavy atom. The Labute approximate surface area is 201 Å². The van der Waals surface area contributed by atoms with Gasteiger partial charge in [-0.1, -0.05) is 49.4 Å². The number of ether oxygens (including phenoxy) is 1. The second kappa shape index (κ2) is 9.11. The van der Waals surface area contributed by atoms with Crippen LogP contribution in [0.25, 0.3) is 21.8 Å². The van der Waals surface area contributed by atoms with E-state index in [0.717, 1.165) is 27.4 Å². The van der Waals surface area contributed by atoms with E-state index in [1.54, 1.807) is 34.4 Å². The number of amides is 1. The van der Waals surface area contributed by atoms with Crippen molar-refractivity contribution in [1.82, 2.24) is 4.98 Å². The van der Waals surface area contributed by atoms with Gasteiger partial charge in [0.25, 0.3) is 5.91 Å². The molecule has 4 aromatic rings. The minimum atomic E-state index is -0.998. The molecule has 170 valence electrons. The van der Waals surface area contributed by atoms with Crippen molar-refractivity contribution in [2.24, 2.45) is 0 Å². The van der Waals surface area contributed by atoms with Crippen molar-refractivity contribution in [1.29, 1.82) is 0 Å². The van der Waals surface area contributed by atoms with Crippen LogP contribution in [0.15, 0.2) is 78.2 Å². The average Bonchev–Trinajstić information content (AvgIpc) is 3.36. The number of carboxylic acid groups (broad SMARTS) is 1. The van der Waals surface area contributed by atoms with Crippen molar-refractivity contribution in [3.63, 3.8) is 0 Å². The van der Waals surface area contributed by atoms with Gasteiger partial charge in [0.15, 0.2) is 6.10 Å². The molecule has 5 rings (SSSR count). The number of hydrogen-bond donors (Lipinski definition) is 1. The molecule has 1 amide bonds. The SMILES string of the molecule is CCC1Oc2ccc(-c3csc(-c4ccccc4)n3)cc2N(Cc2cccc(C(=O)O)c2)C1=O. The largest absolute Gasteiger partial charge is 0.478 e. The van der Waals surface area contributed by atoms with Gasteiger partial charge >= 0.3 is 5.97 Å². The van der Waals surface area contributed by atoms with Gasteiger partial charge in [-0.3, -0.25) is 4.79 Å². The summed E-state index contributed by atoms with van der Waals surface area (Å²) >= 11 is 1.57. The van der Waals surface area contributed by atoms with Crippen molar-refractivity contribution in [2.45, 2.75) is 26.0 Å². The van der Waals surface area contributed by atoms with Gasteiger partial charge in [-0.15, -0.1) is 11.3 Å². The Morgan fingerprint density at radius 3 is 2.65 bits per heavy atom. The molecule has 6 nitrogen and oxygen atoms in total. The van der Waals surface area contributed by atoms with E-state index in [1.165, 1.54) is 0 Å². The van der Waals surface area contributed by atoms with E-state index in [9.17, 15) is 14.7 Å². The quantitative estimate of drug-likeness (QED) is 0.381. The zero-order valence-corrected chi connectivity index (χ0v) is 19.3. The van der Waals surface area contributed by atoms with Crippen LogP contribution in [0.3, 0.4) is 0 Å². The van der Waals surface area contributed by atoms with Crippen LogP contribution in [0.5, 0.6) is 5.75 Å². The lowest BCUT2D eigenvalue weighted by atomic mass is 10.0. The fourth-order valence-corrected chi connectivity index (χ4v) is 4.84. The third-order valence-corrected chi connectivity index (χ3v) is 6.66. The highest BCUT2D eigenvalue weighted by Gasteiger charge is 2.33. The lowest BCUT2D eigenvalue weighted by Gasteiger charge is -2.34. The summed E-state index contributed by atoms with van der Waals surface area (Å²) in [7, 11) is 0. The van der Waals surface area contributed by atoms with Crippen LogP contribution in [0, 0.1) is 0 Å². The maximum atomic E-state index is 13.3. The van der Waals surface area contributed by atoms with Gasteiger partial charge < -0.3 is 14.7 Å². The first-order chi connectivity index (χ1) is 16.5. The Hall–Kier alpha value is -3.97. The van der Waals surface area contributed by atoms with Gasteiger partial charge in [-0.05, 0) is 42.3 Å². The monoisotopic (exact) mass is 470 g/mol. The number of carbonyl (C=O) groups excluding carboxylic acids is 1. The van der Waals surface area contributed by atoms with E-state index in [2.05, 4.69) is 0 Å². The summed E-state index contributed by atoms with van der Waals surface area (Å²) in [6, 6.07) is 22.4. The first-order valence-corrected chi connectivity index (χ1v) is 11.9. The number of rotatable bonds is 6. The van der Waals surface area contributed by atoms with Crippen molar-refractivity contribution in [3.05, 3.63) is 89.3 Å². The molecule has 1 unspecified atom stereocenters. The second-order valence-electron chi connectivity index (χ2n) is 8.03. The lowest BCUT2D eigenvalue weighted by molar-refractivity contribution is -0.126. The first-order valence-electron chi connectivity index (χ1n) is 11.0. The predicted molar refractivity (Wildman–Crippen MR) is 132 cm³/mol. The van der Waals surface area contributed by atoms with Crippen LogP contribution in [0.1, 0.15) is 29.3 Å². The number of thiazole rings is 1. The predicted octanol–water partition coefficient (Wildman–Crippen LogP) is 5.88. The number of anilines is 1. The maximum Gasteiger partial charge on any atom is 0.335 e. The molecule has 1 aromatic heterocycles. The molecule has 3 aromatic carbocycles. The smallest absolute Gasteiger partial charge is 0.335 e. The maximum absolute atomic E-state index is 13.3. The number of nitrogens with zero attached hydrogens (tertiary/aromatic N) is 2.